The third-order valence-corrected chi connectivity index (χ3v) is 9.91. The molecule has 59 heavy (non-hydrogen) atoms. The van der Waals surface area contributed by atoms with Gasteiger partial charge in [-0.2, -0.15) is 0 Å². The van der Waals surface area contributed by atoms with Crippen LogP contribution in [0.15, 0.2) is 85.1 Å². The van der Waals surface area contributed by atoms with Crippen molar-refractivity contribution in [3.8, 4) is 0 Å². The Bertz CT molecular complexity index is 1170. The molecule has 1 atom stereocenters. The van der Waals surface area contributed by atoms with Gasteiger partial charge in [-0.3, -0.25) is 14.4 Å². The third kappa shape index (κ3) is 45.5. The van der Waals surface area contributed by atoms with Crippen molar-refractivity contribution in [2.75, 3.05) is 13.2 Å². The summed E-state index contributed by atoms with van der Waals surface area (Å²) in [6.07, 6.45) is 60.0. The maximum atomic E-state index is 12.7. The molecule has 0 rings (SSSR count). The lowest BCUT2D eigenvalue weighted by atomic mass is 10.1. The molecule has 0 saturated heterocycles. The van der Waals surface area contributed by atoms with E-state index in [4.69, 9.17) is 14.2 Å². The van der Waals surface area contributed by atoms with Gasteiger partial charge in [0.15, 0.2) is 6.10 Å². The second-order valence-electron chi connectivity index (χ2n) is 15.7. The Morgan fingerprint density at radius 1 is 0.373 bits per heavy atom. The number of hydrogen-bond donors (Lipinski definition) is 0. The van der Waals surface area contributed by atoms with Crippen LogP contribution in [0.4, 0.5) is 0 Å². The van der Waals surface area contributed by atoms with Crippen molar-refractivity contribution in [3.05, 3.63) is 85.1 Å². The molecular weight excluding hydrogens is 733 g/mol. The van der Waals surface area contributed by atoms with Gasteiger partial charge < -0.3 is 14.2 Å². The summed E-state index contributed by atoms with van der Waals surface area (Å²) in [5.74, 6) is -0.980. The summed E-state index contributed by atoms with van der Waals surface area (Å²) in [6.45, 7) is 6.39. The van der Waals surface area contributed by atoms with Gasteiger partial charge in [0.2, 0.25) is 0 Å². The first-order chi connectivity index (χ1) is 29.0. The third-order valence-electron chi connectivity index (χ3n) is 9.91. The quantitative estimate of drug-likeness (QED) is 0.0201. The summed E-state index contributed by atoms with van der Waals surface area (Å²) >= 11 is 0. The maximum absolute atomic E-state index is 12.7. The van der Waals surface area contributed by atoms with E-state index in [0.29, 0.717) is 19.3 Å². The van der Waals surface area contributed by atoms with Crippen LogP contribution in [0.2, 0.25) is 0 Å². The largest absolute Gasteiger partial charge is 0.462 e. The van der Waals surface area contributed by atoms with Gasteiger partial charge in [-0.25, -0.2) is 0 Å². The maximum Gasteiger partial charge on any atom is 0.306 e. The van der Waals surface area contributed by atoms with Crippen LogP contribution in [-0.4, -0.2) is 37.2 Å². The number of carbonyl (C=O) groups is 3. The highest BCUT2D eigenvalue weighted by Gasteiger charge is 2.19. The summed E-state index contributed by atoms with van der Waals surface area (Å²) in [5, 5.41) is 0. The van der Waals surface area contributed by atoms with Crippen LogP contribution in [0.3, 0.4) is 0 Å². The fraction of sp³-hybridized carbons (Fsp3) is 0.679. The van der Waals surface area contributed by atoms with Crippen LogP contribution in [0.1, 0.15) is 213 Å². The fourth-order valence-corrected chi connectivity index (χ4v) is 6.26. The Balaban J connectivity index is 4.46. The molecule has 6 nitrogen and oxygen atoms in total. The van der Waals surface area contributed by atoms with Gasteiger partial charge in [-0.05, 0) is 96.3 Å². The highest BCUT2D eigenvalue weighted by molar-refractivity contribution is 5.71. The number of esters is 3. The van der Waals surface area contributed by atoms with Gasteiger partial charge in [0.1, 0.15) is 13.2 Å². The summed E-state index contributed by atoms with van der Waals surface area (Å²) < 4.78 is 16.7. The van der Waals surface area contributed by atoms with Crippen LogP contribution in [-0.2, 0) is 28.6 Å². The number of carbonyl (C=O) groups excluding carboxylic acids is 3. The highest BCUT2D eigenvalue weighted by atomic mass is 16.6. The van der Waals surface area contributed by atoms with Crippen molar-refractivity contribution in [3.63, 3.8) is 0 Å². The minimum Gasteiger partial charge on any atom is -0.462 e. The molecule has 0 aromatic carbocycles. The normalized spacial score (nSPS) is 12.8. The first-order valence-electron chi connectivity index (χ1n) is 24.1. The molecule has 336 valence electrons. The Morgan fingerprint density at radius 3 is 1.27 bits per heavy atom. The second-order valence-corrected chi connectivity index (χ2v) is 15.7. The molecule has 6 heteroatoms. The van der Waals surface area contributed by atoms with E-state index in [0.717, 1.165) is 109 Å². The predicted octanol–water partition coefficient (Wildman–Crippen LogP) is 15.6. The molecule has 0 saturated carbocycles. The molecule has 0 spiro atoms. The molecule has 0 fully saturated rings. The average molecular weight is 821 g/mol. The Labute approximate surface area is 363 Å². The van der Waals surface area contributed by atoms with E-state index in [-0.39, 0.29) is 37.5 Å². The molecule has 1 unspecified atom stereocenters. The Kier molecular flexibility index (Phi) is 44.5. The zero-order chi connectivity index (χ0) is 43.0. The molecule has 0 aliphatic carbocycles. The molecule has 0 amide bonds. The van der Waals surface area contributed by atoms with Crippen LogP contribution < -0.4 is 0 Å². The minimum absolute atomic E-state index is 0.104. The summed E-state index contributed by atoms with van der Waals surface area (Å²) in [4.78, 5) is 37.8. The van der Waals surface area contributed by atoms with Crippen LogP contribution in [0.25, 0.3) is 0 Å². The standard InChI is InChI=1S/C53H88O6/c1-4-7-10-13-16-19-22-24-25-26-27-28-29-32-34-37-40-43-46-52(55)58-49-50(48-57-51(54)45-42-39-36-33-30-21-18-15-12-9-6-3)59-53(56)47-44-41-38-35-31-23-20-17-14-11-8-5-2/h8,11,15,17-18,20,22,24-28,31,35,50H,4-7,9-10,12-14,16,19,21,23,29-30,32-34,36-49H2,1-3H3/b11-8-,18-15-,20-17-,24-22-,26-25-,28-27-,35-31-. The highest BCUT2D eigenvalue weighted by Crippen LogP contribution is 2.12. The Morgan fingerprint density at radius 2 is 0.746 bits per heavy atom. The average Bonchev–Trinajstić information content (AvgIpc) is 3.23. The molecule has 0 heterocycles. The van der Waals surface area contributed by atoms with E-state index in [2.05, 4.69) is 106 Å². The first kappa shape index (κ1) is 55.6. The van der Waals surface area contributed by atoms with Gasteiger partial charge in [0.25, 0.3) is 0 Å². The predicted molar refractivity (Wildman–Crippen MR) is 251 cm³/mol. The van der Waals surface area contributed by atoms with Gasteiger partial charge in [0, 0.05) is 19.3 Å². The van der Waals surface area contributed by atoms with Crippen molar-refractivity contribution < 1.29 is 28.6 Å². The van der Waals surface area contributed by atoms with E-state index >= 15 is 0 Å². The van der Waals surface area contributed by atoms with Gasteiger partial charge in [0.05, 0.1) is 0 Å². The molecule has 0 bridgehead atoms. The number of allylic oxidation sites excluding steroid dienone is 14. The van der Waals surface area contributed by atoms with Gasteiger partial charge in [-0.1, -0.05) is 183 Å². The molecular formula is C53H88O6. The topological polar surface area (TPSA) is 78.9 Å². The zero-order valence-electron chi connectivity index (χ0n) is 38.2. The number of rotatable bonds is 42. The number of unbranched alkanes of at least 4 members (excludes halogenated alkanes) is 19. The van der Waals surface area contributed by atoms with Crippen molar-refractivity contribution in [2.45, 2.75) is 219 Å². The lowest BCUT2D eigenvalue weighted by molar-refractivity contribution is -0.167. The van der Waals surface area contributed by atoms with Gasteiger partial charge in [-0.15, -0.1) is 0 Å². The van der Waals surface area contributed by atoms with E-state index in [1.807, 2.05) is 0 Å². The number of ether oxygens (including phenoxy) is 3. The summed E-state index contributed by atoms with van der Waals surface area (Å²) in [5.41, 5.74) is 0. The van der Waals surface area contributed by atoms with E-state index in [1.165, 1.54) is 57.8 Å². The second kappa shape index (κ2) is 47.3. The smallest absolute Gasteiger partial charge is 0.306 e. The Hall–Kier alpha value is -3.41. The van der Waals surface area contributed by atoms with Crippen molar-refractivity contribution in [2.24, 2.45) is 0 Å². The minimum atomic E-state index is -0.807. The van der Waals surface area contributed by atoms with Crippen LogP contribution >= 0.6 is 0 Å². The molecule has 0 radical (unpaired) electrons. The summed E-state index contributed by atoms with van der Waals surface area (Å²) in [6, 6.07) is 0. The van der Waals surface area contributed by atoms with Crippen molar-refractivity contribution in [1.82, 2.24) is 0 Å². The molecule has 0 aliphatic heterocycles. The van der Waals surface area contributed by atoms with Gasteiger partial charge >= 0.3 is 17.9 Å². The summed E-state index contributed by atoms with van der Waals surface area (Å²) in [7, 11) is 0. The molecule has 0 N–H and O–H groups in total. The van der Waals surface area contributed by atoms with Crippen molar-refractivity contribution in [1.29, 1.82) is 0 Å². The van der Waals surface area contributed by atoms with Crippen molar-refractivity contribution >= 4 is 17.9 Å². The lowest BCUT2D eigenvalue weighted by Crippen LogP contribution is -2.30. The molecule has 0 aromatic heterocycles. The monoisotopic (exact) mass is 821 g/mol. The first-order valence-corrected chi connectivity index (χ1v) is 24.1. The zero-order valence-corrected chi connectivity index (χ0v) is 38.2. The molecule has 0 aromatic rings. The van der Waals surface area contributed by atoms with E-state index < -0.39 is 6.10 Å². The molecule has 0 aliphatic rings. The van der Waals surface area contributed by atoms with E-state index in [1.54, 1.807) is 0 Å². The number of hydrogen-bond acceptors (Lipinski definition) is 6. The van der Waals surface area contributed by atoms with E-state index in [9.17, 15) is 14.4 Å². The lowest BCUT2D eigenvalue weighted by Gasteiger charge is -2.18. The SMILES string of the molecule is CC/C=C\C/C=C\C/C=C\CCCCC(=O)OC(COC(=O)CCCCCCC\C=C/C=C\C=C/CCCCCCC)COC(=O)CCCCCCC/C=C\CCCC. The van der Waals surface area contributed by atoms with Crippen LogP contribution in [0.5, 0.6) is 0 Å². The fourth-order valence-electron chi connectivity index (χ4n) is 6.26. The van der Waals surface area contributed by atoms with Crippen LogP contribution in [0, 0.1) is 0 Å².